The van der Waals surface area contributed by atoms with Crippen LogP contribution in [0.2, 0.25) is 0 Å². The van der Waals surface area contributed by atoms with E-state index >= 15 is 0 Å². The molecule has 25 heavy (non-hydrogen) atoms. The predicted octanol–water partition coefficient (Wildman–Crippen LogP) is 1.71. The summed E-state index contributed by atoms with van der Waals surface area (Å²) in [6.45, 7) is 10.4. The van der Waals surface area contributed by atoms with Crippen LogP contribution in [-0.2, 0) is 16.1 Å². The Hall–Kier alpha value is -0.900. The predicted molar refractivity (Wildman–Crippen MR) is 113 cm³/mol. The second kappa shape index (κ2) is 14.3. The van der Waals surface area contributed by atoms with Crippen LogP contribution in [0.1, 0.15) is 12.5 Å². The third kappa shape index (κ3) is 9.98. The molecule has 6 nitrogen and oxygen atoms in total. The topological polar surface area (TPSA) is 58.1 Å². The van der Waals surface area contributed by atoms with E-state index in [4.69, 9.17) is 9.47 Å². The highest BCUT2D eigenvalue weighted by molar-refractivity contribution is 14.0. The van der Waals surface area contributed by atoms with Crippen molar-refractivity contribution in [3.63, 3.8) is 0 Å². The highest BCUT2D eigenvalue weighted by Crippen LogP contribution is 1.99. The molecule has 0 aromatic heterocycles. The molecule has 0 aliphatic carbocycles. The van der Waals surface area contributed by atoms with E-state index in [1.54, 1.807) is 0 Å². The molecule has 1 fully saturated rings. The van der Waals surface area contributed by atoms with Crippen molar-refractivity contribution in [2.75, 3.05) is 59.1 Å². The van der Waals surface area contributed by atoms with Gasteiger partial charge in [0, 0.05) is 32.7 Å². The molecule has 1 aliphatic heterocycles. The lowest BCUT2D eigenvalue weighted by molar-refractivity contribution is 0.0394. The number of ether oxygens (including phenoxy) is 2. The molecule has 142 valence electrons. The molecule has 0 radical (unpaired) electrons. The Morgan fingerprint density at radius 3 is 2.68 bits per heavy atom. The average molecular weight is 462 g/mol. The van der Waals surface area contributed by atoms with Gasteiger partial charge in [0.05, 0.1) is 33.0 Å². The van der Waals surface area contributed by atoms with Crippen molar-refractivity contribution in [3.05, 3.63) is 35.9 Å². The molecule has 1 heterocycles. The Morgan fingerprint density at radius 1 is 1.20 bits per heavy atom. The third-order valence-corrected chi connectivity index (χ3v) is 3.78. The Labute approximate surface area is 168 Å². The van der Waals surface area contributed by atoms with Crippen LogP contribution in [0, 0.1) is 0 Å². The number of halogens is 1. The lowest BCUT2D eigenvalue weighted by Crippen LogP contribution is -2.41. The summed E-state index contributed by atoms with van der Waals surface area (Å²) in [5.41, 5.74) is 1.20. The van der Waals surface area contributed by atoms with Gasteiger partial charge in [0.1, 0.15) is 0 Å². The quantitative estimate of drug-likeness (QED) is 0.253. The highest BCUT2D eigenvalue weighted by Gasteiger charge is 2.09. The van der Waals surface area contributed by atoms with Crippen LogP contribution < -0.4 is 10.6 Å². The molecular formula is C18H31IN4O2. The van der Waals surface area contributed by atoms with Crippen LogP contribution in [0.15, 0.2) is 35.3 Å². The fraction of sp³-hybridized carbons (Fsp3) is 0.611. The molecule has 1 aromatic carbocycles. The van der Waals surface area contributed by atoms with Gasteiger partial charge in [0.15, 0.2) is 5.96 Å². The van der Waals surface area contributed by atoms with Gasteiger partial charge in [-0.15, -0.1) is 24.0 Å². The molecule has 1 saturated heterocycles. The minimum absolute atomic E-state index is 0. The van der Waals surface area contributed by atoms with E-state index in [0.29, 0.717) is 13.2 Å². The number of rotatable bonds is 9. The number of hydrogen-bond acceptors (Lipinski definition) is 4. The number of nitrogens with one attached hydrogen (secondary N) is 2. The van der Waals surface area contributed by atoms with Gasteiger partial charge in [0.2, 0.25) is 0 Å². The first-order chi connectivity index (χ1) is 11.9. The summed E-state index contributed by atoms with van der Waals surface area (Å²) in [6.07, 6.45) is 0. The molecule has 0 bridgehead atoms. The molecule has 0 amide bonds. The Kier molecular flexibility index (Phi) is 12.7. The number of benzene rings is 1. The van der Waals surface area contributed by atoms with Crippen molar-refractivity contribution in [2.45, 2.75) is 13.5 Å². The summed E-state index contributed by atoms with van der Waals surface area (Å²) < 4.78 is 11.0. The fourth-order valence-electron chi connectivity index (χ4n) is 2.48. The van der Waals surface area contributed by atoms with Gasteiger partial charge in [-0.3, -0.25) is 9.89 Å². The molecule has 1 aromatic rings. The second-order valence-electron chi connectivity index (χ2n) is 5.68. The molecule has 2 rings (SSSR count). The Balaban J connectivity index is 0.00000312. The normalized spacial score (nSPS) is 15.5. The van der Waals surface area contributed by atoms with Gasteiger partial charge in [-0.25, -0.2) is 0 Å². The van der Waals surface area contributed by atoms with Gasteiger partial charge >= 0.3 is 0 Å². The van der Waals surface area contributed by atoms with Crippen molar-refractivity contribution in [2.24, 2.45) is 4.99 Å². The highest BCUT2D eigenvalue weighted by atomic mass is 127. The van der Waals surface area contributed by atoms with Crippen molar-refractivity contribution in [3.8, 4) is 0 Å². The van der Waals surface area contributed by atoms with E-state index in [-0.39, 0.29) is 24.0 Å². The average Bonchev–Trinajstić information content (AvgIpc) is 2.63. The molecule has 7 heteroatoms. The minimum Gasteiger partial charge on any atom is -0.379 e. The van der Waals surface area contributed by atoms with E-state index in [1.165, 1.54) is 5.56 Å². The first-order valence-electron chi connectivity index (χ1n) is 8.82. The van der Waals surface area contributed by atoms with E-state index in [0.717, 1.165) is 58.4 Å². The summed E-state index contributed by atoms with van der Waals surface area (Å²) in [7, 11) is 0. The number of nitrogens with zero attached hydrogens (tertiary/aromatic N) is 2. The Bertz CT molecular complexity index is 467. The maximum atomic E-state index is 5.68. The van der Waals surface area contributed by atoms with Crippen LogP contribution in [0.25, 0.3) is 0 Å². The number of guanidine groups is 1. The van der Waals surface area contributed by atoms with Crippen molar-refractivity contribution in [1.82, 2.24) is 15.5 Å². The summed E-state index contributed by atoms with van der Waals surface area (Å²) in [4.78, 5) is 7.01. The first kappa shape index (κ1) is 22.1. The first-order valence-corrected chi connectivity index (χ1v) is 8.82. The van der Waals surface area contributed by atoms with E-state index in [2.05, 4.69) is 39.6 Å². The van der Waals surface area contributed by atoms with Crippen LogP contribution in [0.5, 0.6) is 0 Å². The van der Waals surface area contributed by atoms with E-state index in [1.807, 2.05) is 18.2 Å². The maximum Gasteiger partial charge on any atom is 0.191 e. The molecule has 2 N–H and O–H groups in total. The molecule has 0 unspecified atom stereocenters. The zero-order chi connectivity index (χ0) is 16.9. The number of morpholine rings is 1. The second-order valence-corrected chi connectivity index (χ2v) is 5.68. The van der Waals surface area contributed by atoms with Crippen LogP contribution in [-0.4, -0.2) is 69.9 Å². The van der Waals surface area contributed by atoms with Gasteiger partial charge in [-0.2, -0.15) is 0 Å². The lowest BCUT2D eigenvalue weighted by Gasteiger charge is -2.25. The van der Waals surface area contributed by atoms with Crippen LogP contribution in [0.4, 0.5) is 0 Å². The SMILES string of the molecule is CCNC(=NCCN1CCOCC1)NCCOCc1ccccc1.I. The minimum atomic E-state index is 0. The smallest absolute Gasteiger partial charge is 0.191 e. The molecular weight excluding hydrogens is 431 g/mol. The third-order valence-electron chi connectivity index (χ3n) is 3.78. The van der Waals surface area contributed by atoms with Gasteiger partial charge in [-0.05, 0) is 12.5 Å². The monoisotopic (exact) mass is 462 g/mol. The zero-order valence-electron chi connectivity index (χ0n) is 15.1. The molecule has 0 atom stereocenters. The van der Waals surface area contributed by atoms with Crippen molar-refractivity contribution >= 4 is 29.9 Å². The number of aliphatic imine (C=N–C) groups is 1. The van der Waals surface area contributed by atoms with Crippen LogP contribution in [0.3, 0.4) is 0 Å². The largest absolute Gasteiger partial charge is 0.379 e. The molecule has 0 spiro atoms. The molecule has 0 saturated carbocycles. The zero-order valence-corrected chi connectivity index (χ0v) is 17.4. The van der Waals surface area contributed by atoms with E-state index < -0.39 is 0 Å². The summed E-state index contributed by atoms with van der Waals surface area (Å²) >= 11 is 0. The Morgan fingerprint density at radius 2 is 1.96 bits per heavy atom. The van der Waals surface area contributed by atoms with Crippen LogP contribution >= 0.6 is 24.0 Å². The van der Waals surface area contributed by atoms with Crippen molar-refractivity contribution < 1.29 is 9.47 Å². The summed E-state index contributed by atoms with van der Waals surface area (Å²) in [6, 6.07) is 10.2. The maximum absolute atomic E-state index is 5.68. The number of hydrogen-bond donors (Lipinski definition) is 2. The summed E-state index contributed by atoms with van der Waals surface area (Å²) in [5.74, 6) is 0.856. The van der Waals surface area contributed by atoms with Gasteiger partial charge in [0.25, 0.3) is 0 Å². The molecule has 1 aliphatic rings. The standard InChI is InChI=1S/C18H30N4O2.HI/c1-2-19-18(20-8-10-22-11-14-23-15-12-22)21-9-13-24-16-17-6-4-3-5-7-17;/h3-7H,2,8-16H2,1H3,(H2,19,20,21);1H. The fourth-order valence-corrected chi connectivity index (χ4v) is 2.48. The van der Waals surface area contributed by atoms with Gasteiger partial charge < -0.3 is 20.1 Å². The van der Waals surface area contributed by atoms with Crippen molar-refractivity contribution in [1.29, 1.82) is 0 Å². The lowest BCUT2D eigenvalue weighted by atomic mass is 10.2. The summed E-state index contributed by atoms with van der Waals surface area (Å²) in [5, 5.41) is 6.58. The van der Waals surface area contributed by atoms with E-state index in [9.17, 15) is 0 Å². The van der Waals surface area contributed by atoms with Gasteiger partial charge in [-0.1, -0.05) is 30.3 Å².